The summed E-state index contributed by atoms with van der Waals surface area (Å²) in [4.78, 5) is 0.116. The van der Waals surface area contributed by atoms with Crippen molar-refractivity contribution < 1.29 is 13.2 Å². The number of nitrogens with two attached hydrogens (primary N) is 1. The highest BCUT2D eigenvalue weighted by atomic mass is 32.2. The van der Waals surface area contributed by atoms with E-state index in [1.807, 2.05) is 6.92 Å². The molecule has 6 heteroatoms. The highest BCUT2D eigenvalue weighted by Gasteiger charge is 2.16. The van der Waals surface area contributed by atoms with Gasteiger partial charge in [0, 0.05) is 13.2 Å². The molecule has 5 nitrogen and oxygen atoms in total. The molecule has 0 aromatic heterocycles. The number of aryl methyl sites for hydroxylation is 1. The van der Waals surface area contributed by atoms with Gasteiger partial charge in [-0.25, -0.2) is 13.1 Å². The molecule has 0 aliphatic carbocycles. The van der Waals surface area contributed by atoms with Gasteiger partial charge in [-0.1, -0.05) is 19.9 Å². The second-order valence-corrected chi connectivity index (χ2v) is 6.97. The Kier molecular flexibility index (Phi) is 6.45. The minimum absolute atomic E-state index is 0.116. The van der Waals surface area contributed by atoms with E-state index in [4.69, 9.17) is 10.5 Å². The lowest BCUT2D eigenvalue weighted by Gasteiger charge is -2.10. The fraction of sp³-hybridized carbons (Fsp3) is 0.571. The van der Waals surface area contributed by atoms with E-state index >= 15 is 0 Å². The van der Waals surface area contributed by atoms with E-state index in [1.165, 1.54) is 6.07 Å². The molecule has 0 fully saturated rings. The van der Waals surface area contributed by atoms with Crippen molar-refractivity contribution in [2.24, 2.45) is 5.92 Å². The average Bonchev–Trinajstić information content (AvgIpc) is 2.32. The molecule has 0 unspecified atom stereocenters. The molecule has 0 atom stereocenters. The van der Waals surface area contributed by atoms with Crippen LogP contribution < -0.4 is 10.5 Å². The Morgan fingerprint density at radius 2 is 2.00 bits per heavy atom. The van der Waals surface area contributed by atoms with Crippen molar-refractivity contribution in [2.45, 2.75) is 32.1 Å². The normalized spacial score (nSPS) is 12.0. The summed E-state index contributed by atoms with van der Waals surface area (Å²) in [6, 6.07) is 4.89. The number of nitrogen functional groups attached to an aromatic ring is 1. The fourth-order valence-corrected chi connectivity index (χ4v) is 2.78. The van der Waals surface area contributed by atoms with Gasteiger partial charge in [0.1, 0.15) is 4.90 Å². The number of rotatable bonds is 8. The van der Waals surface area contributed by atoms with E-state index in [1.54, 1.807) is 12.1 Å². The van der Waals surface area contributed by atoms with Gasteiger partial charge in [-0.15, -0.1) is 0 Å². The molecule has 20 heavy (non-hydrogen) atoms. The number of sulfonamides is 1. The molecular weight excluding hydrogens is 276 g/mol. The van der Waals surface area contributed by atoms with Gasteiger partial charge in [0.25, 0.3) is 0 Å². The van der Waals surface area contributed by atoms with Crippen LogP contribution in [-0.2, 0) is 14.8 Å². The molecule has 0 aliphatic heterocycles. The third-order valence-corrected chi connectivity index (χ3v) is 4.37. The van der Waals surface area contributed by atoms with Crippen molar-refractivity contribution in [1.82, 2.24) is 4.72 Å². The van der Waals surface area contributed by atoms with Crippen LogP contribution in [0.25, 0.3) is 0 Å². The molecule has 3 N–H and O–H groups in total. The third kappa shape index (κ3) is 5.48. The first-order chi connectivity index (χ1) is 9.33. The maximum Gasteiger partial charge on any atom is 0.242 e. The molecule has 1 aromatic carbocycles. The minimum atomic E-state index is -3.57. The van der Waals surface area contributed by atoms with Gasteiger partial charge in [-0.05, 0) is 37.0 Å². The van der Waals surface area contributed by atoms with Crippen LogP contribution in [0.3, 0.4) is 0 Å². The fourth-order valence-electron chi connectivity index (χ4n) is 1.66. The van der Waals surface area contributed by atoms with E-state index in [-0.39, 0.29) is 17.1 Å². The zero-order valence-electron chi connectivity index (χ0n) is 12.3. The molecule has 0 saturated carbocycles. The van der Waals surface area contributed by atoms with Gasteiger partial charge >= 0.3 is 0 Å². The van der Waals surface area contributed by atoms with Crippen molar-refractivity contribution in [1.29, 1.82) is 0 Å². The van der Waals surface area contributed by atoms with E-state index in [2.05, 4.69) is 18.6 Å². The van der Waals surface area contributed by atoms with Crippen LogP contribution in [0.2, 0.25) is 0 Å². The molecule has 0 bridgehead atoms. The quantitative estimate of drug-likeness (QED) is 0.567. The number of hydrogen-bond acceptors (Lipinski definition) is 4. The largest absolute Gasteiger partial charge is 0.398 e. The van der Waals surface area contributed by atoms with Gasteiger partial charge in [-0.2, -0.15) is 0 Å². The van der Waals surface area contributed by atoms with Crippen LogP contribution in [0, 0.1) is 12.8 Å². The maximum absolute atomic E-state index is 12.1. The Bertz CT molecular complexity index is 527. The summed E-state index contributed by atoms with van der Waals surface area (Å²) in [6.07, 6.45) is 0.970. The lowest BCUT2D eigenvalue weighted by molar-refractivity contribution is 0.128. The minimum Gasteiger partial charge on any atom is -0.398 e. The zero-order valence-corrected chi connectivity index (χ0v) is 13.2. The van der Waals surface area contributed by atoms with Gasteiger partial charge in [0.2, 0.25) is 10.0 Å². The third-order valence-electron chi connectivity index (χ3n) is 2.83. The van der Waals surface area contributed by atoms with Gasteiger partial charge in [0.15, 0.2) is 0 Å². The van der Waals surface area contributed by atoms with E-state index < -0.39 is 10.0 Å². The Morgan fingerprint density at radius 3 is 2.60 bits per heavy atom. The number of hydrogen-bond donors (Lipinski definition) is 2. The first-order valence-electron chi connectivity index (χ1n) is 6.76. The number of ether oxygens (including phenoxy) is 1. The number of anilines is 1. The number of nitrogens with one attached hydrogen (secondary N) is 1. The average molecular weight is 300 g/mol. The molecule has 0 saturated heterocycles. The molecule has 0 heterocycles. The lowest BCUT2D eigenvalue weighted by atomic mass is 10.1. The van der Waals surface area contributed by atoms with E-state index in [0.717, 1.165) is 12.0 Å². The summed E-state index contributed by atoms with van der Waals surface area (Å²) >= 11 is 0. The summed E-state index contributed by atoms with van der Waals surface area (Å²) in [5.41, 5.74) is 6.93. The highest BCUT2D eigenvalue weighted by Crippen LogP contribution is 2.18. The predicted octanol–water partition coefficient (Wildman–Crippen LogP) is 1.92. The Balaban J connectivity index is 2.46. The Hall–Kier alpha value is -1.11. The summed E-state index contributed by atoms with van der Waals surface area (Å²) in [6.45, 7) is 7.35. The summed E-state index contributed by atoms with van der Waals surface area (Å²) in [7, 11) is -3.57. The van der Waals surface area contributed by atoms with Crippen molar-refractivity contribution in [3.8, 4) is 0 Å². The lowest BCUT2D eigenvalue weighted by Crippen LogP contribution is -2.28. The number of benzene rings is 1. The first kappa shape index (κ1) is 16.9. The Labute approximate surface area is 121 Å². The van der Waals surface area contributed by atoms with Crippen LogP contribution in [0.4, 0.5) is 5.69 Å². The van der Waals surface area contributed by atoms with Gasteiger partial charge < -0.3 is 10.5 Å². The summed E-state index contributed by atoms with van der Waals surface area (Å²) in [5, 5.41) is 0. The van der Waals surface area contributed by atoms with Crippen LogP contribution in [0.1, 0.15) is 25.8 Å². The van der Waals surface area contributed by atoms with Crippen molar-refractivity contribution >= 4 is 15.7 Å². The van der Waals surface area contributed by atoms with Gasteiger partial charge in [0.05, 0.1) is 12.3 Å². The first-order valence-corrected chi connectivity index (χ1v) is 8.25. The van der Waals surface area contributed by atoms with Crippen LogP contribution in [0.15, 0.2) is 23.1 Å². The monoisotopic (exact) mass is 300 g/mol. The van der Waals surface area contributed by atoms with Crippen LogP contribution in [-0.4, -0.2) is 28.2 Å². The van der Waals surface area contributed by atoms with Crippen LogP contribution >= 0.6 is 0 Å². The highest BCUT2D eigenvalue weighted by molar-refractivity contribution is 7.89. The summed E-state index contributed by atoms with van der Waals surface area (Å²) < 4.78 is 32.0. The van der Waals surface area contributed by atoms with Gasteiger partial charge in [-0.3, -0.25) is 0 Å². The van der Waals surface area contributed by atoms with Crippen molar-refractivity contribution in [3.05, 3.63) is 23.8 Å². The van der Waals surface area contributed by atoms with E-state index in [9.17, 15) is 8.42 Å². The molecular formula is C14H24N2O3S. The standard InChI is InChI=1S/C14H24N2O3S/c1-11(2)6-8-19-9-7-16-20(17,18)14-5-4-12(3)10-13(14)15/h4-5,10-11,16H,6-9,15H2,1-3H3. The summed E-state index contributed by atoms with van der Waals surface area (Å²) in [5.74, 6) is 0.582. The van der Waals surface area contributed by atoms with E-state index in [0.29, 0.717) is 19.1 Å². The molecule has 114 valence electrons. The second-order valence-electron chi connectivity index (χ2n) is 5.23. The second kappa shape index (κ2) is 7.61. The van der Waals surface area contributed by atoms with Crippen molar-refractivity contribution in [3.63, 3.8) is 0 Å². The maximum atomic E-state index is 12.1. The molecule has 0 spiro atoms. The van der Waals surface area contributed by atoms with Crippen LogP contribution in [0.5, 0.6) is 0 Å². The molecule has 1 rings (SSSR count). The van der Waals surface area contributed by atoms with Crippen molar-refractivity contribution in [2.75, 3.05) is 25.5 Å². The topological polar surface area (TPSA) is 81.4 Å². The Morgan fingerprint density at radius 1 is 1.30 bits per heavy atom. The zero-order chi connectivity index (χ0) is 15.2. The molecule has 0 radical (unpaired) electrons. The molecule has 0 aliphatic rings. The SMILES string of the molecule is Cc1ccc(S(=O)(=O)NCCOCCC(C)C)c(N)c1. The molecule has 0 amide bonds. The predicted molar refractivity (Wildman–Crippen MR) is 81.1 cm³/mol. The smallest absolute Gasteiger partial charge is 0.242 e. The molecule has 1 aromatic rings.